The van der Waals surface area contributed by atoms with Gasteiger partial charge in [0.25, 0.3) is 5.78 Å². The fourth-order valence-corrected chi connectivity index (χ4v) is 1.55. The van der Waals surface area contributed by atoms with Gasteiger partial charge in [-0.2, -0.15) is 5.26 Å². The first-order valence-electron chi connectivity index (χ1n) is 3.90. The van der Waals surface area contributed by atoms with E-state index in [9.17, 15) is 9.59 Å². The van der Waals surface area contributed by atoms with Crippen LogP contribution < -0.4 is 0 Å². The molecule has 0 aliphatic rings. The van der Waals surface area contributed by atoms with Crippen LogP contribution in [0.3, 0.4) is 0 Å². The van der Waals surface area contributed by atoms with Crippen LogP contribution in [0.1, 0.15) is 21.5 Å². The van der Waals surface area contributed by atoms with Gasteiger partial charge in [-0.25, -0.2) is 4.79 Å². The van der Waals surface area contributed by atoms with Crippen molar-refractivity contribution in [2.24, 2.45) is 0 Å². The van der Waals surface area contributed by atoms with E-state index in [1.807, 2.05) is 6.07 Å². The van der Waals surface area contributed by atoms with Crippen molar-refractivity contribution in [3.63, 3.8) is 0 Å². The van der Waals surface area contributed by atoms with E-state index in [1.54, 1.807) is 6.92 Å². The molecular formula is C9H7NO3S. The van der Waals surface area contributed by atoms with E-state index in [4.69, 9.17) is 5.26 Å². The van der Waals surface area contributed by atoms with Crippen molar-refractivity contribution >= 4 is 23.1 Å². The Bertz CT molecular complexity index is 402. The molecule has 0 N–H and O–H groups in total. The van der Waals surface area contributed by atoms with E-state index in [1.165, 1.54) is 12.1 Å². The summed E-state index contributed by atoms with van der Waals surface area (Å²) in [6.45, 7) is 1.79. The summed E-state index contributed by atoms with van der Waals surface area (Å²) >= 11 is 0.984. The lowest BCUT2D eigenvalue weighted by molar-refractivity contribution is -0.137. The maximum atomic E-state index is 11.3. The standard InChI is InChI=1S/C9H7NO3S/c1-2-13-9(12)8(11)7-4-3-6(5-10)14-7/h3-4H,2H2,1H3. The van der Waals surface area contributed by atoms with Crippen molar-refractivity contribution in [1.29, 1.82) is 5.26 Å². The topological polar surface area (TPSA) is 67.2 Å². The van der Waals surface area contributed by atoms with Crippen LogP contribution in [0.2, 0.25) is 0 Å². The largest absolute Gasteiger partial charge is 0.460 e. The van der Waals surface area contributed by atoms with Crippen molar-refractivity contribution in [2.45, 2.75) is 6.92 Å². The number of hydrogen-bond donors (Lipinski definition) is 0. The zero-order valence-corrected chi connectivity index (χ0v) is 8.26. The number of hydrogen-bond acceptors (Lipinski definition) is 5. The Balaban J connectivity index is 2.80. The van der Waals surface area contributed by atoms with E-state index in [2.05, 4.69) is 4.74 Å². The summed E-state index contributed by atoms with van der Waals surface area (Å²) in [5, 5.41) is 8.51. The average molecular weight is 209 g/mol. The number of esters is 1. The van der Waals surface area contributed by atoms with Gasteiger partial charge in [-0.15, -0.1) is 11.3 Å². The summed E-state index contributed by atoms with van der Waals surface area (Å²) in [6, 6.07) is 4.83. The first kappa shape index (κ1) is 10.4. The molecule has 4 nitrogen and oxygen atoms in total. The van der Waals surface area contributed by atoms with Gasteiger partial charge in [0.15, 0.2) is 0 Å². The van der Waals surface area contributed by atoms with Gasteiger partial charge in [-0.3, -0.25) is 4.79 Å². The van der Waals surface area contributed by atoms with Crippen LogP contribution in [0, 0.1) is 11.3 Å². The third-order valence-electron chi connectivity index (χ3n) is 1.40. The minimum atomic E-state index is -0.876. The number of Topliss-reactive ketones (excluding diaryl/α,β-unsaturated/α-hetero) is 1. The number of ether oxygens (including phenoxy) is 1. The molecule has 5 heteroatoms. The van der Waals surface area contributed by atoms with Crippen molar-refractivity contribution in [3.8, 4) is 6.07 Å². The first-order chi connectivity index (χ1) is 6.69. The highest BCUT2D eigenvalue weighted by Crippen LogP contribution is 2.16. The van der Waals surface area contributed by atoms with Crippen molar-refractivity contribution < 1.29 is 14.3 Å². The van der Waals surface area contributed by atoms with Crippen molar-refractivity contribution in [3.05, 3.63) is 21.9 Å². The Hall–Kier alpha value is -1.67. The third kappa shape index (κ3) is 2.18. The second kappa shape index (κ2) is 4.53. The number of carbonyl (C=O) groups is 2. The molecule has 72 valence electrons. The number of carbonyl (C=O) groups excluding carboxylic acids is 2. The third-order valence-corrected chi connectivity index (χ3v) is 2.39. The summed E-state index contributed by atoms with van der Waals surface area (Å²) in [5.74, 6) is -1.57. The summed E-state index contributed by atoms with van der Waals surface area (Å²) in [7, 11) is 0. The molecule has 0 atom stereocenters. The normalized spacial score (nSPS) is 9.14. The van der Waals surface area contributed by atoms with Crippen molar-refractivity contribution in [1.82, 2.24) is 0 Å². The Kier molecular flexibility index (Phi) is 3.37. The molecule has 0 radical (unpaired) electrons. The molecule has 0 amide bonds. The molecule has 0 aliphatic heterocycles. The van der Waals surface area contributed by atoms with Crippen LogP contribution in [0.5, 0.6) is 0 Å². The fourth-order valence-electron chi connectivity index (χ4n) is 0.817. The predicted molar refractivity (Wildman–Crippen MR) is 50.0 cm³/mol. The van der Waals surface area contributed by atoms with E-state index >= 15 is 0 Å². The Labute approximate surface area is 84.7 Å². The molecule has 0 saturated heterocycles. The zero-order chi connectivity index (χ0) is 10.6. The highest BCUT2D eigenvalue weighted by Gasteiger charge is 2.19. The molecule has 1 rings (SSSR count). The minimum Gasteiger partial charge on any atom is -0.460 e. The molecule has 0 saturated carbocycles. The maximum absolute atomic E-state index is 11.3. The highest BCUT2D eigenvalue weighted by molar-refractivity contribution is 7.15. The molecule has 1 heterocycles. The summed E-state index contributed by atoms with van der Waals surface area (Å²) in [6.07, 6.45) is 0. The van der Waals surface area contributed by atoms with Crippen LogP contribution in [-0.4, -0.2) is 18.4 Å². The van der Waals surface area contributed by atoms with Crippen molar-refractivity contribution in [2.75, 3.05) is 6.61 Å². The molecule has 14 heavy (non-hydrogen) atoms. The van der Waals surface area contributed by atoms with Crippen LogP contribution in [-0.2, 0) is 9.53 Å². The van der Waals surface area contributed by atoms with E-state index in [0.29, 0.717) is 4.88 Å². The molecule has 0 bridgehead atoms. The molecular weight excluding hydrogens is 202 g/mol. The van der Waals surface area contributed by atoms with Gasteiger partial charge in [0.1, 0.15) is 10.9 Å². The highest BCUT2D eigenvalue weighted by atomic mass is 32.1. The van der Waals surface area contributed by atoms with E-state index in [-0.39, 0.29) is 11.5 Å². The lowest BCUT2D eigenvalue weighted by Crippen LogP contribution is -2.16. The van der Waals surface area contributed by atoms with Crippen LogP contribution in [0.15, 0.2) is 12.1 Å². The number of ketones is 1. The van der Waals surface area contributed by atoms with Gasteiger partial charge in [0.05, 0.1) is 11.5 Å². The first-order valence-corrected chi connectivity index (χ1v) is 4.72. The predicted octanol–water partition coefficient (Wildman–Crippen LogP) is 1.37. The Morgan fingerprint density at radius 3 is 2.79 bits per heavy atom. The van der Waals surface area contributed by atoms with E-state index < -0.39 is 11.8 Å². The summed E-state index contributed by atoms with van der Waals surface area (Å²) < 4.78 is 4.54. The molecule has 0 spiro atoms. The van der Waals surface area contributed by atoms with Gasteiger partial charge in [-0.1, -0.05) is 0 Å². The molecule has 1 aromatic rings. The van der Waals surface area contributed by atoms with Crippen LogP contribution in [0.25, 0.3) is 0 Å². The fraction of sp³-hybridized carbons (Fsp3) is 0.222. The Morgan fingerprint density at radius 2 is 2.29 bits per heavy atom. The number of nitriles is 1. The van der Waals surface area contributed by atoms with Gasteiger partial charge < -0.3 is 4.74 Å². The van der Waals surface area contributed by atoms with Crippen LogP contribution >= 0.6 is 11.3 Å². The number of nitrogens with zero attached hydrogens (tertiary/aromatic N) is 1. The SMILES string of the molecule is CCOC(=O)C(=O)c1ccc(C#N)s1. The molecule has 0 fully saturated rings. The smallest absolute Gasteiger partial charge is 0.380 e. The molecule has 0 aromatic carbocycles. The van der Waals surface area contributed by atoms with Gasteiger partial charge in [-0.05, 0) is 19.1 Å². The Morgan fingerprint density at radius 1 is 1.57 bits per heavy atom. The van der Waals surface area contributed by atoms with Gasteiger partial charge >= 0.3 is 5.97 Å². The summed E-state index contributed by atoms with van der Waals surface area (Å²) in [5.41, 5.74) is 0. The number of thiophene rings is 1. The van der Waals surface area contributed by atoms with Gasteiger partial charge in [0.2, 0.25) is 0 Å². The van der Waals surface area contributed by atoms with E-state index in [0.717, 1.165) is 11.3 Å². The zero-order valence-electron chi connectivity index (χ0n) is 7.44. The quantitative estimate of drug-likeness (QED) is 0.428. The summed E-state index contributed by atoms with van der Waals surface area (Å²) in [4.78, 5) is 22.9. The molecule has 0 unspecified atom stereocenters. The second-order valence-corrected chi connectivity index (χ2v) is 3.41. The maximum Gasteiger partial charge on any atom is 0.380 e. The number of rotatable bonds is 3. The minimum absolute atomic E-state index is 0.168. The average Bonchev–Trinajstić information content (AvgIpc) is 2.65. The van der Waals surface area contributed by atoms with Gasteiger partial charge in [0, 0.05) is 0 Å². The molecule has 0 aliphatic carbocycles. The van der Waals surface area contributed by atoms with Crippen LogP contribution in [0.4, 0.5) is 0 Å². The second-order valence-electron chi connectivity index (χ2n) is 2.33. The monoisotopic (exact) mass is 209 g/mol. The lowest BCUT2D eigenvalue weighted by atomic mass is 10.3. The molecule has 1 aromatic heterocycles. The lowest BCUT2D eigenvalue weighted by Gasteiger charge is -1.96.